The topological polar surface area (TPSA) is 79.4 Å². The van der Waals surface area contributed by atoms with Gasteiger partial charge in [-0.15, -0.1) is 11.3 Å². The fraction of sp³-hybridized carbons (Fsp3) is 0.133. The number of fused-ring (bicyclic) bond motifs is 6. The van der Waals surface area contributed by atoms with Gasteiger partial charge in [-0.25, -0.2) is 0 Å². The van der Waals surface area contributed by atoms with Crippen LogP contribution in [0.4, 0.5) is 11.4 Å². The molecular weight excluding hydrogens is 482 g/mol. The maximum Gasteiger partial charge on any atom is 0.238 e. The van der Waals surface area contributed by atoms with Crippen LogP contribution < -0.4 is 10.2 Å². The second-order valence-electron chi connectivity index (χ2n) is 9.50. The lowest BCUT2D eigenvalue weighted by Gasteiger charge is -2.37. The summed E-state index contributed by atoms with van der Waals surface area (Å²) in [6.45, 7) is 0. The molecule has 6 nitrogen and oxygen atoms in total. The van der Waals surface area contributed by atoms with Crippen molar-refractivity contribution in [3.63, 3.8) is 0 Å². The largest absolute Gasteiger partial charge is 0.352 e. The number of nitrogens with one attached hydrogen (secondary N) is 1. The van der Waals surface area contributed by atoms with Gasteiger partial charge in [0.15, 0.2) is 11.6 Å². The highest BCUT2D eigenvalue weighted by atomic mass is 32.1. The number of hydrogen-bond acceptors (Lipinski definition) is 6. The van der Waals surface area contributed by atoms with E-state index in [4.69, 9.17) is 0 Å². The Kier molecular flexibility index (Phi) is 4.78. The van der Waals surface area contributed by atoms with Gasteiger partial charge in [0.1, 0.15) is 11.5 Å². The number of nitrogens with zero attached hydrogens (tertiary/aromatic N) is 2. The predicted molar refractivity (Wildman–Crippen MR) is 143 cm³/mol. The number of rotatable bonds is 4. The number of anilines is 2. The summed E-state index contributed by atoms with van der Waals surface area (Å²) in [5.41, 5.74) is 2.34. The van der Waals surface area contributed by atoms with Crippen molar-refractivity contribution in [1.29, 1.82) is 0 Å². The van der Waals surface area contributed by atoms with Crippen LogP contribution in [0.25, 0.3) is 6.08 Å². The number of hydrogen-bond donors (Lipinski definition) is 1. The van der Waals surface area contributed by atoms with Gasteiger partial charge in [-0.2, -0.15) is 0 Å². The molecule has 4 aromatic rings. The van der Waals surface area contributed by atoms with Gasteiger partial charge in [-0.1, -0.05) is 54.6 Å². The van der Waals surface area contributed by atoms with Crippen LogP contribution in [0.2, 0.25) is 0 Å². The van der Waals surface area contributed by atoms with E-state index in [0.717, 1.165) is 16.8 Å². The molecule has 0 radical (unpaired) electrons. The molecule has 4 atom stereocenters. The van der Waals surface area contributed by atoms with Crippen molar-refractivity contribution in [1.82, 2.24) is 4.98 Å². The monoisotopic (exact) mass is 503 g/mol. The van der Waals surface area contributed by atoms with E-state index in [9.17, 15) is 14.4 Å². The molecule has 0 aliphatic carbocycles. The maximum atomic E-state index is 14.5. The number of carbonyl (C=O) groups is 3. The number of ketones is 2. The van der Waals surface area contributed by atoms with E-state index in [1.54, 1.807) is 30.6 Å². The molecule has 0 bridgehead atoms. The molecular formula is C30H21N3O3S. The third kappa shape index (κ3) is 2.92. The van der Waals surface area contributed by atoms with Gasteiger partial charge in [-0.05, 0) is 46.8 Å². The van der Waals surface area contributed by atoms with Gasteiger partial charge >= 0.3 is 0 Å². The average Bonchev–Trinajstić information content (AvgIpc) is 3.65. The summed E-state index contributed by atoms with van der Waals surface area (Å²) < 4.78 is 0. The zero-order valence-electron chi connectivity index (χ0n) is 19.6. The number of thiophene rings is 1. The Hall–Kier alpha value is -4.36. The Bertz CT molecular complexity index is 1600. The fourth-order valence-corrected chi connectivity index (χ4v) is 7.08. The van der Waals surface area contributed by atoms with Crippen molar-refractivity contribution in [2.75, 3.05) is 10.2 Å². The summed E-state index contributed by atoms with van der Waals surface area (Å²) in [4.78, 5) is 49.7. The maximum absolute atomic E-state index is 14.5. The lowest BCUT2D eigenvalue weighted by Crippen LogP contribution is -2.51. The molecule has 0 saturated carbocycles. The molecule has 1 N–H and O–H groups in total. The van der Waals surface area contributed by atoms with Crippen molar-refractivity contribution < 1.29 is 14.4 Å². The molecule has 3 aliphatic heterocycles. The molecule has 0 unspecified atom stereocenters. The summed E-state index contributed by atoms with van der Waals surface area (Å²) in [6, 6.07) is 20.9. The molecule has 5 heterocycles. The van der Waals surface area contributed by atoms with Crippen molar-refractivity contribution >= 4 is 46.3 Å². The fourth-order valence-electron chi connectivity index (χ4n) is 6.38. The Morgan fingerprint density at radius 1 is 0.919 bits per heavy atom. The first kappa shape index (κ1) is 21.9. The Labute approximate surface area is 217 Å². The molecule has 2 aromatic heterocycles. The van der Waals surface area contributed by atoms with E-state index in [0.29, 0.717) is 16.1 Å². The summed E-state index contributed by atoms with van der Waals surface area (Å²) in [5, 5.41) is 4.90. The highest BCUT2D eigenvalue weighted by molar-refractivity contribution is 7.12. The number of aromatic nitrogens is 1. The van der Waals surface area contributed by atoms with Crippen LogP contribution in [-0.2, 0) is 10.2 Å². The summed E-state index contributed by atoms with van der Waals surface area (Å²) >= 11 is 1.35. The van der Waals surface area contributed by atoms with Crippen LogP contribution in [0.5, 0.6) is 0 Å². The first-order chi connectivity index (χ1) is 18.1. The number of carbonyl (C=O) groups excluding carboxylic acids is 3. The Morgan fingerprint density at radius 3 is 2.51 bits per heavy atom. The second-order valence-corrected chi connectivity index (χ2v) is 10.5. The normalized spacial score (nSPS) is 24.9. The van der Waals surface area contributed by atoms with Gasteiger partial charge in [0.2, 0.25) is 5.91 Å². The minimum absolute atomic E-state index is 0.161. The van der Waals surface area contributed by atoms with Crippen LogP contribution in [0, 0.1) is 5.92 Å². The smallest absolute Gasteiger partial charge is 0.238 e. The van der Waals surface area contributed by atoms with Crippen LogP contribution in [0.15, 0.2) is 96.6 Å². The number of amides is 1. The second kappa shape index (κ2) is 8.08. The van der Waals surface area contributed by atoms with Crippen LogP contribution in [0.1, 0.15) is 31.2 Å². The van der Waals surface area contributed by atoms with Gasteiger partial charge in [0.05, 0.1) is 16.8 Å². The van der Waals surface area contributed by atoms with Crippen molar-refractivity contribution in [2.24, 2.45) is 5.92 Å². The quantitative estimate of drug-likeness (QED) is 0.397. The number of para-hydroxylation sites is 2. The zero-order valence-corrected chi connectivity index (χ0v) is 20.4. The lowest BCUT2D eigenvalue weighted by atomic mass is 9.64. The standard InChI is InChI=1S/C30H21N3O3S/c34-27(19-13-15-31-16-14-19)25-26(28(35)23-10-5-17-37-23)33-22-9-4-1-6-18(22)11-12-24(33)30(25)20-7-2-3-8-21(20)32-29(30)36/h1-17,24-26H,(H,32,36)/t24-,25+,26-,30+/m0/s1. The highest BCUT2D eigenvalue weighted by Crippen LogP contribution is 2.58. The summed E-state index contributed by atoms with van der Waals surface area (Å²) in [5.74, 6) is -1.63. The highest BCUT2D eigenvalue weighted by Gasteiger charge is 2.70. The number of Topliss-reactive ketones (excluding diaryl/α,β-unsaturated/α-hetero) is 2. The molecule has 37 heavy (non-hydrogen) atoms. The summed E-state index contributed by atoms with van der Waals surface area (Å²) in [6.07, 6.45) is 7.11. The molecule has 1 saturated heterocycles. The molecule has 3 aliphatic rings. The van der Waals surface area contributed by atoms with Gasteiger partial charge < -0.3 is 10.2 Å². The molecule has 7 heteroatoms. The number of benzene rings is 2. The van der Waals surface area contributed by atoms with E-state index in [2.05, 4.69) is 10.3 Å². The minimum Gasteiger partial charge on any atom is -0.352 e. The van der Waals surface area contributed by atoms with Crippen molar-refractivity contribution in [2.45, 2.75) is 17.5 Å². The van der Waals surface area contributed by atoms with E-state index in [1.807, 2.05) is 77.0 Å². The van der Waals surface area contributed by atoms with Gasteiger partial charge in [0.25, 0.3) is 0 Å². The molecule has 1 fully saturated rings. The summed E-state index contributed by atoms with van der Waals surface area (Å²) in [7, 11) is 0. The Morgan fingerprint density at radius 2 is 1.70 bits per heavy atom. The average molecular weight is 504 g/mol. The van der Waals surface area contributed by atoms with Crippen LogP contribution >= 0.6 is 11.3 Å². The number of pyridine rings is 1. The van der Waals surface area contributed by atoms with Gasteiger partial charge in [-0.3, -0.25) is 19.4 Å². The third-order valence-electron chi connectivity index (χ3n) is 7.82. The molecule has 1 amide bonds. The van der Waals surface area contributed by atoms with E-state index in [-0.39, 0.29) is 17.5 Å². The first-order valence-electron chi connectivity index (χ1n) is 12.1. The van der Waals surface area contributed by atoms with Crippen molar-refractivity contribution in [3.05, 3.63) is 118 Å². The van der Waals surface area contributed by atoms with E-state index < -0.39 is 23.4 Å². The molecule has 2 aromatic carbocycles. The van der Waals surface area contributed by atoms with Crippen molar-refractivity contribution in [3.8, 4) is 0 Å². The molecule has 180 valence electrons. The van der Waals surface area contributed by atoms with Gasteiger partial charge in [0, 0.05) is 29.3 Å². The SMILES string of the molecule is O=C(c1cccs1)[C@@H]1[C@H](C(=O)c2ccncc2)[C@]2(C(=O)Nc3ccccc32)[C@@H]2C=Cc3ccccc3N12. The van der Waals surface area contributed by atoms with E-state index in [1.165, 1.54) is 11.3 Å². The molecule has 1 spiro atoms. The first-order valence-corrected chi connectivity index (χ1v) is 13.0. The van der Waals surface area contributed by atoms with E-state index >= 15 is 0 Å². The van der Waals surface area contributed by atoms with Crippen LogP contribution in [0.3, 0.4) is 0 Å². The Balaban J connectivity index is 1.55. The van der Waals surface area contributed by atoms with Crippen LogP contribution in [-0.4, -0.2) is 34.5 Å². The predicted octanol–water partition coefficient (Wildman–Crippen LogP) is 5.00. The molecule has 7 rings (SSSR count). The minimum atomic E-state index is -1.29. The lowest BCUT2D eigenvalue weighted by molar-refractivity contribution is -0.121. The third-order valence-corrected chi connectivity index (χ3v) is 8.71. The zero-order chi connectivity index (χ0) is 25.1.